The van der Waals surface area contributed by atoms with Crippen molar-refractivity contribution in [1.29, 1.82) is 0 Å². The molecule has 0 saturated heterocycles. The van der Waals surface area contributed by atoms with E-state index in [0.29, 0.717) is 19.6 Å². The topological polar surface area (TPSA) is 84.9 Å². The second-order valence-corrected chi connectivity index (χ2v) is 6.75. The molecular formula is C22H25NO5. The molecule has 1 atom stereocenters. The first-order chi connectivity index (χ1) is 13.6. The molecule has 3 rings (SSSR count). The fourth-order valence-electron chi connectivity index (χ4n) is 3.61. The molecule has 0 aromatic heterocycles. The molecule has 0 heterocycles. The zero-order chi connectivity index (χ0) is 19.9. The zero-order valence-corrected chi connectivity index (χ0v) is 15.9. The minimum Gasteiger partial charge on any atom is -0.481 e. The maximum absolute atomic E-state index is 12.3. The smallest absolute Gasteiger partial charge is 0.407 e. The molecule has 0 radical (unpaired) electrons. The van der Waals surface area contributed by atoms with Gasteiger partial charge in [0.15, 0.2) is 0 Å². The maximum atomic E-state index is 12.3. The van der Waals surface area contributed by atoms with E-state index in [1.54, 1.807) is 0 Å². The fraction of sp³-hybridized carbons (Fsp3) is 0.364. The number of carboxylic acid groups (broad SMARTS) is 1. The van der Waals surface area contributed by atoms with Crippen LogP contribution in [0.3, 0.4) is 0 Å². The molecule has 2 aromatic carbocycles. The van der Waals surface area contributed by atoms with Gasteiger partial charge in [-0.05, 0) is 35.6 Å². The number of fused-ring (bicyclic) bond motifs is 3. The van der Waals surface area contributed by atoms with Crippen molar-refractivity contribution in [3.8, 4) is 11.1 Å². The number of hydrogen-bond donors (Lipinski definition) is 2. The fourth-order valence-corrected chi connectivity index (χ4v) is 3.61. The summed E-state index contributed by atoms with van der Waals surface area (Å²) in [5.74, 6) is -1.00. The van der Waals surface area contributed by atoms with Crippen molar-refractivity contribution in [2.45, 2.75) is 31.7 Å². The number of nitrogens with one attached hydrogen (secondary N) is 1. The normalized spacial score (nSPS) is 13.5. The highest BCUT2D eigenvalue weighted by molar-refractivity contribution is 5.79. The van der Waals surface area contributed by atoms with Gasteiger partial charge >= 0.3 is 12.1 Å². The van der Waals surface area contributed by atoms with Gasteiger partial charge in [-0.15, -0.1) is 0 Å². The summed E-state index contributed by atoms with van der Waals surface area (Å²) in [4.78, 5) is 23.3. The van der Waals surface area contributed by atoms with Gasteiger partial charge in [0.2, 0.25) is 0 Å². The lowest BCUT2D eigenvalue weighted by Gasteiger charge is -2.19. The van der Waals surface area contributed by atoms with Gasteiger partial charge in [0.1, 0.15) is 6.61 Å². The number of hydrogen-bond acceptors (Lipinski definition) is 4. The van der Waals surface area contributed by atoms with Crippen LogP contribution in [0.4, 0.5) is 4.79 Å². The van der Waals surface area contributed by atoms with E-state index in [4.69, 9.17) is 14.6 Å². The number of rotatable bonds is 9. The second kappa shape index (κ2) is 9.37. The lowest BCUT2D eigenvalue weighted by Crippen LogP contribution is -2.38. The largest absolute Gasteiger partial charge is 0.481 e. The first-order valence-corrected chi connectivity index (χ1v) is 9.51. The number of alkyl carbamates (subject to hydrolysis) is 1. The van der Waals surface area contributed by atoms with Crippen LogP contribution in [0.15, 0.2) is 48.5 Å². The van der Waals surface area contributed by atoms with Crippen LogP contribution in [0.2, 0.25) is 0 Å². The molecule has 1 amide bonds. The van der Waals surface area contributed by atoms with Crippen LogP contribution in [-0.4, -0.2) is 43.0 Å². The number of amides is 1. The lowest BCUT2D eigenvalue weighted by atomic mass is 9.98. The van der Waals surface area contributed by atoms with Crippen LogP contribution in [0.1, 0.15) is 36.8 Å². The number of carbonyl (C=O) groups excluding carboxylic acids is 1. The quantitative estimate of drug-likeness (QED) is 0.644. The Bertz CT molecular complexity index is 790. The molecule has 6 nitrogen and oxygen atoms in total. The van der Waals surface area contributed by atoms with E-state index in [2.05, 4.69) is 29.6 Å². The summed E-state index contributed by atoms with van der Waals surface area (Å²) in [6.07, 6.45) is -0.355. The van der Waals surface area contributed by atoms with E-state index < -0.39 is 18.1 Å². The van der Waals surface area contributed by atoms with Crippen molar-refractivity contribution < 1.29 is 24.2 Å². The van der Waals surface area contributed by atoms with E-state index in [9.17, 15) is 9.59 Å². The predicted octanol–water partition coefficient (Wildman–Crippen LogP) is 3.80. The molecule has 2 aromatic rings. The van der Waals surface area contributed by atoms with Gasteiger partial charge in [-0.3, -0.25) is 4.79 Å². The van der Waals surface area contributed by atoms with E-state index in [1.807, 2.05) is 31.2 Å². The minimum absolute atomic E-state index is 0.0282. The summed E-state index contributed by atoms with van der Waals surface area (Å²) >= 11 is 0. The third kappa shape index (κ3) is 4.70. The third-order valence-electron chi connectivity index (χ3n) is 4.90. The summed E-state index contributed by atoms with van der Waals surface area (Å²) in [6, 6.07) is 15.7. The molecule has 0 bridgehead atoms. The summed E-state index contributed by atoms with van der Waals surface area (Å²) in [5, 5.41) is 11.7. The Morgan fingerprint density at radius 2 is 1.68 bits per heavy atom. The Morgan fingerprint density at radius 3 is 2.25 bits per heavy atom. The number of carbonyl (C=O) groups is 2. The molecule has 0 unspecified atom stereocenters. The van der Waals surface area contributed by atoms with E-state index in [-0.39, 0.29) is 18.9 Å². The van der Waals surface area contributed by atoms with Crippen LogP contribution in [0, 0.1) is 0 Å². The van der Waals surface area contributed by atoms with Gasteiger partial charge in [-0.2, -0.15) is 0 Å². The lowest BCUT2D eigenvalue weighted by molar-refractivity contribution is -0.137. The Balaban J connectivity index is 1.63. The van der Waals surface area contributed by atoms with E-state index >= 15 is 0 Å². The SMILES string of the molecule is CCOCC[C@H](CC(=O)O)NC(=O)OCC1c2ccccc2-c2ccccc21. The van der Waals surface area contributed by atoms with Crippen molar-refractivity contribution in [2.24, 2.45) is 0 Å². The molecule has 1 aliphatic rings. The number of benzene rings is 2. The van der Waals surface area contributed by atoms with Crippen molar-refractivity contribution >= 4 is 12.1 Å². The van der Waals surface area contributed by atoms with Gasteiger partial charge in [0.05, 0.1) is 6.42 Å². The van der Waals surface area contributed by atoms with Crippen LogP contribution in [0.25, 0.3) is 11.1 Å². The zero-order valence-electron chi connectivity index (χ0n) is 15.9. The first-order valence-electron chi connectivity index (χ1n) is 9.51. The number of aliphatic carboxylic acids is 1. The van der Waals surface area contributed by atoms with Crippen LogP contribution in [0.5, 0.6) is 0 Å². The van der Waals surface area contributed by atoms with E-state index in [0.717, 1.165) is 22.3 Å². The maximum Gasteiger partial charge on any atom is 0.407 e. The molecular weight excluding hydrogens is 358 g/mol. The summed E-state index contributed by atoms with van der Waals surface area (Å²) in [5.41, 5.74) is 4.59. The minimum atomic E-state index is -0.972. The van der Waals surface area contributed by atoms with Crippen LogP contribution >= 0.6 is 0 Å². The van der Waals surface area contributed by atoms with Gasteiger partial charge in [-0.1, -0.05) is 48.5 Å². The standard InChI is InChI=1S/C22H25NO5/c1-2-27-12-11-15(13-21(24)25)23-22(26)28-14-20-18-9-5-3-7-16(18)17-8-4-6-10-19(17)20/h3-10,15,20H,2,11-14H2,1H3,(H,23,26)(H,24,25)/t15-/m1/s1. The molecule has 6 heteroatoms. The van der Waals surface area contributed by atoms with Crippen molar-refractivity contribution in [2.75, 3.05) is 19.8 Å². The first kappa shape index (κ1) is 19.9. The van der Waals surface area contributed by atoms with E-state index in [1.165, 1.54) is 0 Å². The second-order valence-electron chi connectivity index (χ2n) is 6.75. The molecule has 0 spiro atoms. The summed E-state index contributed by atoms with van der Waals surface area (Å²) in [6.45, 7) is 3.00. The Morgan fingerprint density at radius 1 is 1.07 bits per heavy atom. The van der Waals surface area contributed by atoms with Gasteiger partial charge < -0.3 is 19.9 Å². The summed E-state index contributed by atoms with van der Waals surface area (Å²) < 4.78 is 10.7. The molecule has 0 saturated carbocycles. The van der Waals surface area contributed by atoms with Crippen molar-refractivity contribution in [3.63, 3.8) is 0 Å². The third-order valence-corrected chi connectivity index (χ3v) is 4.90. The number of ether oxygens (including phenoxy) is 2. The Hall–Kier alpha value is -2.86. The monoisotopic (exact) mass is 383 g/mol. The highest BCUT2D eigenvalue weighted by Gasteiger charge is 2.29. The predicted molar refractivity (Wildman–Crippen MR) is 105 cm³/mol. The molecule has 28 heavy (non-hydrogen) atoms. The van der Waals surface area contributed by atoms with Gasteiger partial charge in [0.25, 0.3) is 0 Å². The Labute approximate surface area is 164 Å². The van der Waals surface area contributed by atoms with Crippen LogP contribution < -0.4 is 5.32 Å². The molecule has 1 aliphatic carbocycles. The van der Waals surface area contributed by atoms with Crippen molar-refractivity contribution in [1.82, 2.24) is 5.32 Å². The average Bonchev–Trinajstić information content (AvgIpc) is 3.00. The average molecular weight is 383 g/mol. The molecule has 148 valence electrons. The molecule has 0 aliphatic heterocycles. The highest BCUT2D eigenvalue weighted by atomic mass is 16.5. The molecule has 2 N–H and O–H groups in total. The van der Waals surface area contributed by atoms with Crippen LogP contribution in [-0.2, 0) is 14.3 Å². The summed E-state index contributed by atoms with van der Waals surface area (Å²) in [7, 11) is 0. The highest BCUT2D eigenvalue weighted by Crippen LogP contribution is 2.44. The Kier molecular flexibility index (Phi) is 6.66. The van der Waals surface area contributed by atoms with Gasteiger partial charge in [-0.25, -0.2) is 4.79 Å². The molecule has 0 fully saturated rings. The van der Waals surface area contributed by atoms with Gasteiger partial charge in [0, 0.05) is 25.2 Å². The van der Waals surface area contributed by atoms with Crippen molar-refractivity contribution in [3.05, 3.63) is 59.7 Å². The number of carboxylic acids is 1.